The highest BCUT2D eigenvalue weighted by Gasteiger charge is 2.36. The third kappa shape index (κ3) is 5.38. The van der Waals surface area contributed by atoms with Crippen LogP contribution in [0.3, 0.4) is 0 Å². The van der Waals surface area contributed by atoms with Crippen molar-refractivity contribution in [1.82, 2.24) is 14.9 Å². The van der Waals surface area contributed by atoms with E-state index in [0.29, 0.717) is 24.4 Å². The van der Waals surface area contributed by atoms with Crippen molar-refractivity contribution < 1.29 is 27.4 Å². The molecule has 10 heteroatoms. The number of carbonyl (C=O) groups excluding carboxylic acids is 1. The SMILES string of the molecule is CCC(Oc1ccc(C(=O)N2CC(C)OC(C)C2)cc1)c1cc2c(=O)[nH]c(C)nc2cc1C(F)(F)F. The van der Waals surface area contributed by atoms with Gasteiger partial charge in [-0.05, 0) is 63.6 Å². The fraction of sp³-hybridized carbons (Fsp3) is 0.423. The van der Waals surface area contributed by atoms with Crippen molar-refractivity contribution >= 4 is 16.8 Å². The summed E-state index contributed by atoms with van der Waals surface area (Å²) in [6.07, 6.45) is -5.56. The van der Waals surface area contributed by atoms with Gasteiger partial charge >= 0.3 is 6.18 Å². The lowest BCUT2D eigenvalue weighted by atomic mass is 9.97. The van der Waals surface area contributed by atoms with Crippen molar-refractivity contribution in [2.75, 3.05) is 13.1 Å². The summed E-state index contributed by atoms with van der Waals surface area (Å²) in [4.78, 5) is 33.6. The number of aryl methyl sites for hydroxylation is 1. The molecule has 0 spiro atoms. The molecule has 1 amide bonds. The van der Waals surface area contributed by atoms with Gasteiger partial charge in [0, 0.05) is 24.2 Å². The quantitative estimate of drug-likeness (QED) is 0.528. The molecule has 0 saturated carbocycles. The largest absolute Gasteiger partial charge is 0.486 e. The molecule has 4 rings (SSSR count). The molecule has 3 aromatic rings. The maximum Gasteiger partial charge on any atom is 0.416 e. The van der Waals surface area contributed by atoms with Crippen LogP contribution in [0.15, 0.2) is 41.2 Å². The summed E-state index contributed by atoms with van der Waals surface area (Å²) < 4.78 is 53.5. The molecule has 1 aromatic heterocycles. The van der Waals surface area contributed by atoms with Gasteiger partial charge in [0.2, 0.25) is 0 Å². The first-order valence-corrected chi connectivity index (χ1v) is 11.8. The predicted octanol–water partition coefficient (Wildman–Crippen LogP) is 5.03. The molecule has 192 valence electrons. The smallest absolute Gasteiger partial charge is 0.416 e. The molecule has 0 radical (unpaired) electrons. The molecule has 1 saturated heterocycles. The Labute approximate surface area is 206 Å². The zero-order chi connectivity index (χ0) is 26.2. The molecule has 1 fully saturated rings. The van der Waals surface area contributed by atoms with Gasteiger partial charge in [-0.2, -0.15) is 13.2 Å². The number of morpholine rings is 1. The monoisotopic (exact) mass is 503 g/mol. The van der Waals surface area contributed by atoms with Gasteiger partial charge in [-0.3, -0.25) is 9.59 Å². The van der Waals surface area contributed by atoms with E-state index in [1.54, 1.807) is 36.1 Å². The van der Waals surface area contributed by atoms with Gasteiger partial charge in [0.15, 0.2) is 0 Å². The predicted molar refractivity (Wildman–Crippen MR) is 128 cm³/mol. The minimum Gasteiger partial charge on any atom is -0.486 e. The van der Waals surface area contributed by atoms with E-state index < -0.39 is 23.4 Å². The van der Waals surface area contributed by atoms with Crippen molar-refractivity contribution in [2.45, 2.75) is 58.6 Å². The van der Waals surface area contributed by atoms with Gasteiger partial charge in [0.25, 0.3) is 11.5 Å². The van der Waals surface area contributed by atoms with Gasteiger partial charge in [0.1, 0.15) is 17.7 Å². The third-order valence-corrected chi connectivity index (χ3v) is 6.10. The fourth-order valence-electron chi connectivity index (χ4n) is 4.56. The number of nitrogens with one attached hydrogen (secondary N) is 1. The van der Waals surface area contributed by atoms with Crippen molar-refractivity contribution in [2.24, 2.45) is 0 Å². The van der Waals surface area contributed by atoms with Gasteiger partial charge < -0.3 is 19.4 Å². The zero-order valence-corrected chi connectivity index (χ0v) is 20.5. The Morgan fingerprint density at radius 1 is 1.19 bits per heavy atom. The number of fused-ring (bicyclic) bond motifs is 1. The van der Waals surface area contributed by atoms with E-state index in [2.05, 4.69) is 9.97 Å². The van der Waals surface area contributed by atoms with Crippen LogP contribution >= 0.6 is 0 Å². The second-order valence-corrected chi connectivity index (χ2v) is 9.11. The van der Waals surface area contributed by atoms with Crippen LogP contribution in [0.4, 0.5) is 13.2 Å². The minimum atomic E-state index is -4.67. The highest BCUT2D eigenvalue weighted by atomic mass is 19.4. The summed E-state index contributed by atoms with van der Waals surface area (Å²) in [5, 5.41) is 0.0561. The number of hydrogen-bond acceptors (Lipinski definition) is 5. The number of hydrogen-bond donors (Lipinski definition) is 1. The van der Waals surface area contributed by atoms with Crippen LogP contribution in [0, 0.1) is 6.92 Å². The summed E-state index contributed by atoms with van der Waals surface area (Å²) in [5.41, 5.74) is -1.15. The number of halogens is 3. The molecule has 2 aromatic carbocycles. The Hall–Kier alpha value is -3.40. The molecule has 0 bridgehead atoms. The van der Waals surface area contributed by atoms with E-state index in [1.165, 1.54) is 13.0 Å². The molecule has 1 aliphatic heterocycles. The van der Waals surface area contributed by atoms with E-state index in [9.17, 15) is 22.8 Å². The summed E-state index contributed by atoms with van der Waals surface area (Å²) in [7, 11) is 0. The Balaban J connectivity index is 1.62. The molecule has 2 heterocycles. The Kier molecular flexibility index (Phi) is 7.08. The van der Waals surface area contributed by atoms with Crippen LogP contribution in [0.25, 0.3) is 10.9 Å². The van der Waals surface area contributed by atoms with Crippen molar-refractivity contribution in [3.63, 3.8) is 0 Å². The fourth-order valence-corrected chi connectivity index (χ4v) is 4.56. The number of amides is 1. The number of alkyl halides is 3. The number of aromatic amines is 1. The second-order valence-electron chi connectivity index (χ2n) is 9.11. The van der Waals surface area contributed by atoms with Gasteiger partial charge in [-0.1, -0.05) is 6.92 Å². The first-order valence-electron chi connectivity index (χ1n) is 11.8. The number of nitrogens with zero attached hydrogens (tertiary/aromatic N) is 2. The number of aromatic nitrogens is 2. The molecule has 1 N–H and O–H groups in total. The van der Waals surface area contributed by atoms with Crippen LogP contribution in [-0.2, 0) is 10.9 Å². The van der Waals surface area contributed by atoms with Crippen molar-refractivity contribution in [3.8, 4) is 5.75 Å². The molecule has 3 atom stereocenters. The summed E-state index contributed by atoms with van der Waals surface area (Å²) in [5.74, 6) is 0.394. The van der Waals surface area contributed by atoms with E-state index in [0.717, 1.165) is 6.07 Å². The molecular formula is C26H28F3N3O4. The topological polar surface area (TPSA) is 84.5 Å². The average molecular weight is 504 g/mol. The van der Waals surface area contributed by atoms with E-state index in [4.69, 9.17) is 9.47 Å². The van der Waals surface area contributed by atoms with Crippen LogP contribution in [0.1, 0.15) is 60.6 Å². The molecule has 1 aliphatic rings. The molecule has 36 heavy (non-hydrogen) atoms. The van der Waals surface area contributed by atoms with Crippen LogP contribution < -0.4 is 10.3 Å². The highest BCUT2D eigenvalue weighted by Crippen LogP contribution is 2.38. The lowest BCUT2D eigenvalue weighted by Crippen LogP contribution is -2.48. The van der Waals surface area contributed by atoms with Gasteiger partial charge in [-0.25, -0.2) is 4.98 Å². The number of H-pyrrole nitrogens is 1. The van der Waals surface area contributed by atoms with E-state index >= 15 is 0 Å². The van der Waals surface area contributed by atoms with Crippen LogP contribution in [-0.4, -0.2) is 46.1 Å². The first kappa shape index (κ1) is 25.7. The number of carbonyl (C=O) groups is 1. The van der Waals surface area contributed by atoms with Gasteiger partial charge in [0.05, 0.1) is 28.7 Å². The normalized spacial score (nSPS) is 19.4. The van der Waals surface area contributed by atoms with Crippen molar-refractivity contribution in [3.05, 3.63) is 69.3 Å². The standard InChI is InChI=1S/C26H28F3N3O4/c1-5-23(19-10-20-22(11-21(19)26(27,28)29)30-16(4)31-24(20)33)36-18-8-6-17(7-9-18)25(34)32-12-14(2)35-15(3)13-32/h6-11,14-15,23H,5,12-13H2,1-4H3,(H,30,31,33). The second kappa shape index (κ2) is 9.93. The van der Waals surface area contributed by atoms with Crippen LogP contribution in [0.5, 0.6) is 5.75 Å². The Morgan fingerprint density at radius 2 is 1.83 bits per heavy atom. The summed E-state index contributed by atoms with van der Waals surface area (Å²) in [6, 6.07) is 8.42. The first-order chi connectivity index (χ1) is 17.0. The minimum absolute atomic E-state index is 0.0307. The molecular weight excluding hydrogens is 475 g/mol. The lowest BCUT2D eigenvalue weighted by Gasteiger charge is -2.35. The lowest BCUT2D eigenvalue weighted by molar-refractivity contribution is -0.139. The number of rotatable bonds is 5. The summed E-state index contributed by atoms with van der Waals surface area (Å²) >= 11 is 0. The number of benzene rings is 2. The van der Waals surface area contributed by atoms with Crippen molar-refractivity contribution in [1.29, 1.82) is 0 Å². The highest BCUT2D eigenvalue weighted by molar-refractivity contribution is 5.94. The summed E-state index contributed by atoms with van der Waals surface area (Å²) in [6.45, 7) is 7.99. The third-order valence-electron chi connectivity index (χ3n) is 6.10. The Bertz CT molecular complexity index is 1310. The van der Waals surface area contributed by atoms with E-state index in [-0.39, 0.29) is 46.8 Å². The molecule has 3 unspecified atom stereocenters. The van der Waals surface area contributed by atoms with Crippen LogP contribution in [0.2, 0.25) is 0 Å². The maximum atomic E-state index is 14.0. The zero-order valence-electron chi connectivity index (χ0n) is 20.5. The van der Waals surface area contributed by atoms with E-state index in [1.807, 2.05) is 13.8 Å². The van der Waals surface area contributed by atoms with Gasteiger partial charge in [-0.15, -0.1) is 0 Å². The molecule has 0 aliphatic carbocycles. The number of ether oxygens (including phenoxy) is 2. The average Bonchev–Trinajstić information content (AvgIpc) is 2.80. The Morgan fingerprint density at radius 3 is 2.42 bits per heavy atom. The molecule has 7 nitrogen and oxygen atoms in total. The maximum absolute atomic E-state index is 14.0.